The molecule has 1 saturated heterocycles. The molecule has 1 aliphatic heterocycles. The van der Waals surface area contributed by atoms with E-state index in [4.69, 9.17) is 23.7 Å². The second kappa shape index (κ2) is 15.4. The summed E-state index contributed by atoms with van der Waals surface area (Å²) in [5.41, 5.74) is 5.26. The van der Waals surface area contributed by atoms with Gasteiger partial charge in [0.25, 0.3) is 0 Å². The van der Waals surface area contributed by atoms with Crippen molar-refractivity contribution < 1.29 is 23.7 Å². The number of nitrogens with zero attached hydrogens (tertiary/aromatic N) is 1. The van der Waals surface area contributed by atoms with Gasteiger partial charge in [0.1, 0.15) is 31.0 Å². The summed E-state index contributed by atoms with van der Waals surface area (Å²) in [5.74, 6) is 0.553. The molecule has 0 N–H and O–H groups in total. The number of rotatable bonds is 14. The normalized spacial score (nSPS) is 19.5. The first-order valence-electron chi connectivity index (χ1n) is 15.0. The maximum absolute atomic E-state index is 6.70. The molecule has 0 aliphatic carbocycles. The van der Waals surface area contributed by atoms with Crippen molar-refractivity contribution in [1.29, 1.82) is 0 Å². The van der Waals surface area contributed by atoms with Crippen LogP contribution in [0.25, 0.3) is 0 Å². The Morgan fingerprint density at radius 3 is 1.55 bits per heavy atom. The molecule has 6 heteroatoms. The Morgan fingerprint density at radius 1 is 0.523 bits per heavy atom. The van der Waals surface area contributed by atoms with Crippen molar-refractivity contribution >= 4 is 0 Å². The molecule has 5 aromatic rings. The first kappa shape index (κ1) is 29.7. The molecular formula is C38H37NO5. The van der Waals surface area contributed by atoms with Gasteiger partial charge in [0.15, 0.2) is 0 Å². The molecule has 0 saturated carbocycles. The van der Waals surface area contributed by atoms with E-state index in [9.17, 15) is 0 Å². The van der Waals surface area contributed by atoms with Crippen molar-refractivity contribution in [2.45, 2.75) is 50.8 Å². The lowest BCUT2D eigenvalue weighted by Crippen LogP contribution is -2.37. The molecule has 44 heavy (non-hydrogen) atoms. The van der Waals surface area contributed by atoms with Crippen molar-refractivity contribution in [2.75, 3.05) is 6.61 Å². The third-order valence-electron chi connectivity index (χ3n) is 7.59. The van der Waals surface area contributed by atoms with E-state index in [1.54, 1.807) is 0 Å². The first-order chi connectivity index (χ1) is 21.8. The van der Waals surface area contributed by atoms with Gasteiger partial charge >= 0.3 is 0 Å². The van der Waals surface area contributed by atoms with Crippen molar-refractivity contribution in [3.05, 3.63) is 167 Å². The molecule has 0 amide bonds. The molecule has 0 radical (unpaired) electrons. The van der Waals surface area contributed by atoms with E-state index in [0.29, 0.717) is 38.9 Å². The van der Waals surface area contributed by atoms with Crippen LogP contribution < -0.4 is 4.74 Å². The van der Waals surface area contributed by atoms with Crippen molar-refractivity contribution in [2.24, 2.45) is 0 Å². The van der Waals surface area contributed by atoms with Crippen LogP contribution >= 0.6 is 0 Å². The Bertz CT molecular complexity index is 1520. The molecule has 0 spiro atoms. The summed E-state index contributed by atoms with van der Waals surface area (Å²) in [6.07, 6.45) is 0.309. The number of ether oxygens (including phenoxy) is 5. The zero-order valence-corrected chi connectivity index (χ0v) is 24.6. The minimum atomic E-state index is -0.402. The molecular weight excluding hydrogens is 550 g/mol. The fraction of sp³-hybridized carbons (Fsp3) is 0.237. The summed E-state index contributed by atoms with van der Waals surface area (Å²) in [4.78, 5) is 4.61. The molecule has 4 unspecified atom stereocenters. The molecule has 1 aromatic heterocycles. The van der Waals surface area contributed by atoms with Crippen LogP contribution in [0.15, 0.2) is 140 Å². The van der Waals surface area contributed by atoms with Gasteiger partial charge in [0.05, 0.1) is 26.4 Å². The van der Waals surface area contributed by atoms with E-state index in [1.165, 1.54) is 0 Å². The summed E-state index contributed by atoms with van der Waals surface area (Å²) in [7, 11) is 0. The molecule has 2 heterocycles. The van der Waals surface area contributed by atoms with Gasteiger partial charge in [-0.1, -0.05) is 121 Å². The van der Waals surface area contributed by atoms with Crippen molar-refractivity contribution in [3.8, 4) is 5.88 Å². The predicted molar refractivity (Wildman–Crippen MR) is 169 cm³/mol. The highest BCUT2D eigenvalue weighted by atomic mass is 16.6. The Hall–Kier alpha value is -4.33. The van der Waals surface area contributed by atoms with Gasteiger partial charge in [-0.15, -0.1) is 0 Å². The van der Waals surface area contributed by atoms with Crippen LogP contribution in [-0.4, -0.2) is 29.9 Å². The first-order valence-corrected chi connectivity index (χ1v) is 15.0. The monoisotopic (exact) mass is 587 g/mol. The Balaban J connectivity index is 1.21. The van der Waals surface area contributed by atoms with Crippen LogP contribution in [0.3, 0.4) is 0 Å². The fourth-order valence-electron chi connectivity index (χ4n) is 5.29. The summed E-state index contributed by atoms with van der Waals surface area (Å²) in [5, 5.41) is 0. The Labute approximate surface area is 259 Å². The lowest BCUT2D eigenvalue weighted by molar-refractivity contribution is -0.0898. The Kier molecular flexibility index (Phi) is 10.4. The molecule has 1 aliphatic rings. The average Bonchev–Trinajstić information content (AvgIpc) is 3.44. The average molecular weight is 588 g/mol. The highest BCUT2D eigenvalue weighted by molar-refractivity contribution is 5.24. The van der Waals surface area contributed by atoms with E-state index in [1.807, 2.05) is 103 Å². The summed E-state index contributed by atoms with van der Waals surface area (Å²) < 4.78 is 32.0. The standard InChI is InChI=1S/C38H37NO5/c1-5-13-29(14-6-1)24-40-28-34-37(42-26-31-17-9-3-10-18-31)38(43-27-32-19-11-4-12-20-32)36(44-34)33-21-22-35(39-23-33)41-25-30-15-7-2-8-16-30/h1-23,34,36-38H,24-28H2. The molecule has 1 fully saturated rings. The lowest BCUT2D eigenvalue weighted by Gasteiger charge is -2.25. The molecule has 6 nitrogen and oxygen atoms in total. The Morgan fingerprint density at radius 2 is 1.02 bits per heavy atom. The number of benzene rings is 4. The second-order valence-corrected chi connectivity index (χ2v) is 10.8. The third kappa shape index (κ3) is 8.18. The van der Waals surface area contributed by atoms with Crippen LogP contribution in [0.2, 0.25) is 0 Å². The van der Waals surface area contributed by atoms with E-state index in [0.717, 1.165) is 27.8 Å². The van der Waals surface area contributed by atoms with Gasteiger partial charge in [0.2, 0.25) is 5.88 Å². The van der Waals surface area contributed by atoms with Gasteiger partial charge in [-0.2, -0.15) is 0 Å². The van der Waals surface area contributed by atoms with Crippen LogP contribution in [0.4, 0.5) is 0 Å². The molecule has 0 bridgehead atoms. The smallest absolute Gasteiger partial charge is 0.213 e. The van der Waals surface area contributed by atoms with Gasteiger partial charge in [-0.05, 0) is 28.3 Å². The highest BCUT2D eigenvalue weighted by Gasteiger charge is 2.47. The number of aromatic nitrogens is 1. The van der Waals surface area contributed by atoms with E-state index in [-0.39, 0.29) is 18.3 Å². The second-order valence-electron chi connectivity index (χ2n) is 10.8. The molecule has 4 atom stereocenters. The number of pyridine rings is 1. The van der Waals surface area contributed by atoms with Crippen LogP contribution in [0.5, 0.6) is 5.88 Å². The van der Waals surface area contributed by atoms with Gasteiger partial charge in [-0.25, -0.2) is 4.98 Å². The largest absolute Gasteiger partial charge is 0.473 e. The topological polar surface area (TPSA) is 59.0 Å². The summed E-state index contributed by atoms with van der Waals surface area (Å²) >= 11 is 0. The van der Waals surface area contributed by atoms with Gasteiger partial charge < -0.3 is 23.7 Å². The van der Waals surface area contributed by atoms with Gasteiger partial charge in [0, 0.05) is 17.8 Å². The number of hydrogen-bond donors (Lipinski definition) is 0. The minimum absolute atomic E-state index is 0.345. The van der Waals surface area contributed by atoms with Crippen LogP contribution in [-0.2, 0) is 45.4 Å². The van der Waals surface area contributed by atoms with E-state index < -0.39 is 6.10 Å². The zero-order valence-electron chi connectivity index (χ0n) is 24.6. The maximum Gasteiger partial charge on any atom is 0.213 e. The summed E-state index contributed by atoms with van der Waals surface area (Å²) in [6.45, 7) is 2.17. The predicted octanol–water partition coefficient (Wildman–Crippen LogP) is 7.49. The fourth-order valence-corrected chi connectivity index (χ4v) is 5.29. The maximum atomic E-state index is 6.70. The van der Waals surface area contributed by atoms with Gasteiger partial charge in [-0.3, -0.25) is 0 Å². The highest BCUT2D eigenvalue weighted by Crippen LogP contribution is 2.38. The van der Waals surface area contributed by atoms with Crippen molar-refractivity contribution in [1.82, 2.24) is 4.98 Å². The molecule has 224 valence electrons. The quantitative estimate of drug-likeness (QED) is 0.134. The number of hydrogen-bond acceptors (Lipinski definition) is 6. The molecule has 4 aromatic carbocycles. The van der Waals surface area contributed by atoms with Crippen LogP contribution in [0.1, 0.15) is 33.9 Å². The summed E-state index contributed by atoms with van der Waals surface area (Å²) in [6, 6.07) is 44.4. The van der Waals surface area contributed by atoms with Crippen LogP contribution in [0, 0.1) is 0 Å². The van der Waals surface area contributed by atoms with Crippen molar-refractivity contribution in [3.63, 3.8) is 0 Å². The van der Waals surface area contributed by atoms with E-state index in [2.05, 4.69) is 41.4 Å². The third-order valence-corrected chi connectivity index (χ3v) is 7.59. The molecule has 6 rings (SSSR count). The lowest BCUT2D eigenvalue weighted by atomic mass is 10.0. The SMILES string of the molecule is c1ccc(COCC2OC(c3ccc(OCc4ccccc4)nc3)C(OCc3ccccc3)C2OCc2ccccc2)cc1. The minimum Gasteiger partial charge on any atom is -0.473 e. The zero-order chi connectivity index (χ0) is 29.8. The van der Waals surface area contributed by atoms with E-state index >= 15 is 0 Å².